The Morgan fingerprint density at radius 1 is 1.14 bits per heavy atom. The molecule has 0 aromatic rings. The number of carbonyl (C=O) groups excluding carboxylic acids is 2. The molecule has 3 atom stereocenters. The molecule has 2 saturated heterocycles. The molecule has 0 aromatic heterocycles. The van der Waals surface area contributed by atoms with E-state index in [0.717, 1.165) is 24.9 Å². The zero-order valence-corrected chi connectivity index (χ0v) is 13.3. The first-order valence-electron chi connectivity index (χ1n) is 8.14. The van der Waals surface area contributed by atoms with Crippen LogP contribution in [-0.2, 0) is 9.59 Å². The third kappa shape index (κ3) is 2.45. The lowest BCUT2D eigenvalue weighted by Crippen LogP contribution is -2.50. The van der Waals surface area contributed by atoms with Crippen molar-refractivity contribution in [2.75, 3.05) is 26.2 Å². The van der Waals surface area contributed by atoms with Crippen molar-refractivity contribution in [3.8, 4) is 0 Å². The topological polar surface area (TPSA) is 66.6 Å². The van der Waals surface area contributed by atoms with Gasteiger partial charge in [-0.3, -0.25) is 14.5 Å². The molecule has 1 aliphatic carbocycles. The van der Waals surface area contributed by atoms with Gasteiger partial charge in [0.25, 0.3) is 0 Å². The number of carbonyl (C=O) groups is 2. The van der Waals surface area contributed by atoms with Crippen molar-refractivity contribution < 1.29 is 9.59 Å². The van der Waals surface area contributed by atoms with Crippen molar-refractivity contribution in [3.63, 3.8) is 0 Å². The van der Waals surface area contributed by atoms with Gasteiger partial charge in [-0.1, -0.05) is 13.8 Å². The normalized spacial score (nSPS) is 33.6. The first kappa shape index (κ1) is 14.8. The molecule has 3 rings (SSSR count). The molecule has 3 unspecified atom stereocenters. The quantitative estimate of drug-likeness (QED) is 0.832. The monoisotopic (exact) mass is 293 g/mol. The fourth-order valence-corrected chi connectivity index (χ4v) is 4.28. The van der Waals surface area contributed by atoms with Gasteiger partial charge >= 0.3 is 0 Å². The number of amides is 2. The van der Waals surface area contributed by atoms with E-state index in [9.17, 15) is 9.59 Å². The molecular weight excluding hydrogens is 266 g/mol. The van der Waals surface area contributed by atoms with Gasteiger partial charge in [0.2, 0.25) is 11.8 Å². The van der Waals surface area contributed by atoms with E-state index in [4.69, 9.17) is 5.73 Å². The maximum Gasteiger partial charge on any atom is 0.239 e. The number of fused-ring (bicyclic) bond motifs is 1. The van der Waals surface area contributed by atoms with E-state index in [1.54, 1.807) is 0 Å². The summed E-state index contributed by atoms with van der Waals surface area (Å²) in [5.74, 6) is 1.49. The Bertz CT molecular complexity index is 440. The number of rotatable bonds is 3. The second kappa shape index (κ2) is 4.97. The van der Waals surface area contributed by atoms with Crippen LogP contribution in [0.2, 0.25) is 0 Å². The molecule has 0 spiro atoms. The average Bonchev–Trinajstić information content (AvgIpc) is 2.84. The van der Waals surface area contributed by atoms with Crippen molar-refractivity contribution in [1.82, 2.24) is 9.80 Å². The number of hydrogen-bond donors (Lipinski definition) is 1. The van der Waals surface area contributed by atoms with Crippen molar-refractivity contribution in [2.45, 2.75) is 39.7 Å². The molecule has 2 N–H and O–H groups in total. The second-order valence-electron chi connectivity index (χ2n) is 7.67. The third-order valence-electron chi connectivity index (χ3n) is 6.26. The number of nitrogens with two attached hydrogens (primary N) is 1. The Morgan fingerprint density at radius 3 is 2.14 bits per heavy atom. The van der Waals surface area contributed by atoms with Crippen LogP contribution in [-0.4, -0.2) is 53.8 Å². The highest BCUT2D eigenvalue weighted by atomic mass is 16.2. The molecule has 5 nitrogen and oxygen atoms in total. The minimum atomic E-state index is -0.225. The highest BCUT2D eigenvalue weighted by Crippen LogP contribution is 2.62. The summed E-state index contributed by atoms with van der Waals surface area (Å²) in [5, 5.41) is 0. The Labute approximate surface area is 126 Å². The Hall–Kier alpha value is -1.10. The van der Waals surface area contributed by atoms with Crippen molar-refractivity contribution >= 4 is 11.8 Å². The lowest BCUT2D eigenvalue weighted by molar-refractivity contribution is -0.139. The van der Waals surface area contributed by atoms with Crippen LogP contribution in [0, 0.1) is 23.2 Å². The number of nitrogens with zero attached hydrogens (tertiary/aromatic N) is 2. The average molecular weight is 293 g/mol. The van der Waals surface area contributed by atoms with Gasteiger partial charge in [0.05, 0.1) is 6.04 Å². The summed E-state index contributed by atoms with van der Waals surface area (Å²) in [6.07, 6.45) is 1.43. The molecule has 2 amide bonds. The van der Waals surface area contributed by atoms with Crippen LogP contribution in [0.3, 0.4) is 0 Å². The molecule has 2 aliphatic heterocycles. The lowest BCUT2D eigenvalue weighted by Gasteiger charge is -2.35. The predicted octanol–water partition coefficient (Wildman–Crippen LogP) is 0.687. The molecule has 3 aliphatic rings. The van der Waals surface area contributed by atoms with E-state index in [0.29, 0.717) is 31.3 Å². The van der Waals surface area contributed by atoms with Crippen molar-refractivity contribution in [2.24, 2.45) is 28.9 Å². The maximum absolute atomic E-state index is 12.6. The van der Waals surface area contributed by atoms with Crippen LogP contribution in [0.25, 0.3) is 0 Å². The minimum Gasteiger partial charge on any atom is -0.369 e. The van der Waals surface area contributed by atoms with Gasteiger partial charge in [-0.05, 0) is 37.0 Å². The molecule has 3 fully saturated rings. The van der Waals surface area contributed by atoms with Gasteiger partial charge in [-0.2, -0.15) is 0 Å². The molecule has 5 heteroatoms. The summed E-state index contributed by atoms with van der Waals surface area (Å²) in [6, 6.07) is -0.0290. The number of hydrogen-bond acceptors (Lipinski definition) is 3. The Balaban J connectivity index is 1.51. The van der Waals surface area contributed by atoms with E-state index < -0.39 is 0 Å². The highest BCUT2D eigenvalue weighted by molar-refractivity contribution is 5.82. The van der Waals surface area contributed by atoms with Gasteiger partial charge in [0.1, 0.15) is 0 Å². The lowest BCUT2D eigenvalue weighted by atomic mass is 9.96. The minimum absolute atomic E-state index is 0.0290. The SMILES string of the molecule is CC(C(=O)N1CCC(C(N)=O)CC1)N1CC2C(C1)C2(C)C. The first-order chi connectivity index (χ1) is 9.82. The van der Waals surface area contributed by atoms with Gasteiger partial charge in [0, 0.05) is 32.1 Å². The molecule has 2 heterocycles. The van der Waals surface area contributed by atoms with Crippen LogP contribution < -0.4 is 5.73 Å². The fourth-order valence-electron chi connectivity index (χ4n) is 4.28. The molecule has 1 saturated carbocycles. The van der Waals surface area contributed by atoms with Crippen LogP contribution in [0.5, 0.6) is 0 Å². The fraction of sp³-hybridized carbons (Fsp3) is 0.875. The van der Waals surface area contributed by atoms with E-state index >= 15 is 0 Å². The van der Waals surface area contributed by atoms with Gasteiger partial charge in [-0.15, -0.1) is 0 Å². The Kier molecular flexibility index (Phi) is 3.51. The summed E-state index contributed by atoms with van der Waals surface area (Å²) in [6.45, 7) is 10.2. The zero-order valence-electron chi connectivity index (χ0n) is 13.3. The highest BCUT2D eigenvalue weighted by Gasteiger charge is 2.62. The third-order valence-corrected chi connectivity index (χ3v) is 6.26. The van der Waals surface area contributed by atoms with E-state index in [-0.39, 0.29) is 23.8 Å². The zero-order chi connectivity index (χ0) is 15.4. The Morgan fingerprint density at radius 2 is 1.67 bits per heavy atom. The van der Waals surface area contributed by atoms with Crippen LogP contribution in [0.15, 0.2) is 0 Å². The van der Waals surface area contributed by atoms with E-state index in [1.807, 2.05) is 11.8 Å². The smallest absolute Gasteiger partial charge is 0.239 e. The largest absolute Gasteiger partial charge is 0.369 e. The molecule has 118 valence electrons. The molecule has 0 bridgehead atoms. The van der Waals surface area contributed by atoms with Crippen molar-refractivity contribution in [3.05, 3.63) is 0 Å². The first-order valence-corrected chi connectivity index (χ1v) is 8.14. The molecule has 21 heavy (non-hydrogen) atoms. The molecule has 0 aromatic carbocycles. The molecular formula is C16H27N3O2. The maximum atomic E-state index is 12.6. The summed E-state index contributed by atoms with van der Waals surface area (Å²) >= 11 is 0. The molecule has 0 radical (unpaired) electrons. The van der Waals surface area contributed by atoms with Crippen LogP contribution in [0.1, 0.15) is 33.6 Å². The second-order valence-corrected chi connectivity index (χ2v) is 7.67. The number of primary amides is 1. The summed E-state index contributed by atoms with van der Waals surface area (Å²) in [5.41, 5.74) is 5.83. The van der Waals surface area contributed by atoms with Gasteiger partial charge in [-0.25, -0.2) is 0 Å². The van der Waals surface area contributed by atoms with Crippen LogP contribution >= 0.6 is 0 Å². The summed E-state index contributed by atoms with van der Waals surface area (Å²) in [7, 11) is 0. The van der Waals surface area contributed by atoms with Crippen molar-refractivity contribution in [1.29, 1.82) is 0 Å². The standard InChI is InChI=1S/C16H27N3O2/c1-10(19-8-12-13(9-19)16(12,2)3)15(21)18-6-4-11(5-7-18)14(17)20/h10-13H,4-9H2,1-3H3,(H2,17,20). The van der Waals surface area contributed by atoms with Gasteiger partial charge < -0.3 is 10.6 Å². The van der Waals surface area contributed by atoms with Crippen LogP contribution in [0.4, 0.5) is 0 Å². The number of likely N-dealkylation sites (tertiary alicyclic amines) is 2. The van der Waals surface area contributed by atoms with E-state index in [1.165, 1.54) is 0 Å². The summed E-state index contributed by atoms with van der Waals surface area (Å²) < 4.78 is 0. The van der Waals surface area contributed by atoms with E-state index in [2.05, 4.69) is 18.7 Å². The summed E-state index contributed by atoms with van der Waals surface area (Å²) in [4.78, 5) is 28.1. The van der Waals surface area contributed by atoms with Gasteiger partial charge in [0.15, 0.2) is 0 Å². The predicted molar refractivity (Wildman–Crippen MR) is 80.3 cm³/mol. The number of piperidine rings is 2.